The first-order chi connectivity index (χ1) is 14.3. The minimum absolute atomic E-state index is 0.177. The van der Waals surface area contributed by atoms with E-state index in [1.807, 2.05) is 47.8 Å². The van der Waals surface area contributed by atoms with E-state index >= 15 is 0 Å². The van der Waals surface area contributed by atoms with Crippen LogP contribution in [0.15, 0.2) is 66.7 Å². The number of hydrogen-bond acceptors (Lipinski definition) is 2. The molecule has 0 spiro atoms. The minimum atomic E-state index is -4.44. The standard InChI is InChI=1S/C22H20F3N3O2/c23-22(24,25)14-27-20(29)12-15-8-10-18(11-9-15)28-21(30)26-13-17-6-3-5-16-4-1-2-7-19(16)17/h1-11H,12-14H2,(H,27,29)(H2,26,28,30). The Bertz CT molecular complexity index is 1030. The van der Waals surface area contributed by atoms with E-state index in [1.54, 1.807) is 24.3 Å². The zero-order valence-electron chi connectivity index (χ0n) is 15.9. The minimum Gasteiger partial charge on any atom is -0.347 e. The summed E-state index contributed by atoms with van der Waals surface area (Å²) in [6.45, 7) is -1.01. The molecule has 0 aliphatic rings. The summed E-state index contributed by atoms with van der Waals surface area (Å²) in [5.74, 6) is -0.721. The third kappa shape index (κ3) is 6.23. The fourth-order valence-corrected chi connectivity index (χ4v) is 2.95. The van der Waals surface area contributed by atoms with Crippen LogP contribution in [0.2, 0.25) is 0 Å². The number of amides is 3. The molecule has 30 heavy (non-hydrogen) atoms. The molecule has 0 fully saturated rings. The molecule has 0 radical (unpaired) electrons. The second kappa shape index (κ2) is 9.30. The van der Waals surface area contributed by atoms with Crippen LogP contribution in [0.4, 0.5) is 23.7 Å². The van der Waals surface area contributed by atoms with Gasteiger partial charge in [-0.05, 0) is 34.0 Å². The van der Waals surface area contributed by atoms with E-state index in [0.29, 0.717) is 17.8 Å². The monoisotopic (exact) mass is 415 g/mol. The lowest BCUT2D eigenvalue weighted by molar-refractivity contribution is -0.138. The Balaban J connectivity index is 1.50. The van der Waals surface area contributed by atoms with Crippen molar-refractivity contribution in [2.24, 2.45) is 0 Å². The van der Waals surface area contributed by atoms with Gasteiger partial charge in [-0.25, -0.2) is 4.79 Å². The van der Waals surface area contributed by atoms with Crippen molar-refractivity contribution < 1.29 is 22.8 Å². The second-order valence-electron chi connectivity index (χ2n) is 6.71. The zero-order valence-corrected chi connectivity index (χ0v) is 15.9. The molecule has 5 nitrogen and oxygen atoms in total. The highest BCUT2D eigenvalue weighted by atomic mass is 19.4. The summed E-state index contributed by atoms with van der Waals surface area (Å²) < 4.78 is 36.3. The fraction of sp³-hybridized carbons (Fsp3) is 0.182. The van der Waals surface area contributed by atoms with Crippen LogP contribution in [0, 0.1) is 0 Å². The Morgan fingerprint density at radius 2 is 1.53 bits per heavy atom. The van der Waals surface area contributed by atoms with E-state index in [0.717, 1.165) is 16.3 Å². The fourth-order valence-electron chi connectivity index (χ4n) is 2.95. The van der Waals surface area contributed by atoms with Gasteiger partial charge < -0.3 is 16.0 Å². The largest absolute Gasteiger partial charge is 0.405 e. The summed E-state index contributed by atoms with van der Waals surface area (Å²) in [6, 6.07) is 19.7. The van der Waals surface area contributed by atoms with Crippen molar-refractivity contribution in [2.45, 2.75) is 19.1 Å². The first kappa shape index (κ1) is 21.2. The SMILES string of the molecule is O=C(Cc1ccc(NC(=O)NCc2cccc3ccccc23)cc1)NCC(F)(F)F. The van der Waals surface area contributed by atoms with E-state index < -0.39 is 24.7 Å². The maximum atomic E-state index is 12.2. The molecule has 0 aliphatic carbocycles. The van der Waals surface area contributed by atoms with Gasteiger partial charge in [-0.3, -0.25) is 4.79 Å². The highest BCUT2D eigenvalue weighted by Crippen LogP contribution is 2.18. The molecule has 0 unspecified atom stereocenters. The zero-order chi connectivity index (χ0) is 21.6. The number of hydrogen-bond donors (Lipinski definition) is 3. The van der Waals surface area contributed by atoms with Crippen molar-refractivity contribution >= 4 is 28.4 Å². The molecule has 3 rings (SSSR count). The predicted octanol–water partition coefficient (Wildman–Crippen LogP) is 4.38. The van der Waals surface area contributed by atoms with Gasteiger partial charge in [-0.15, -0.1) is 0 Å². The van der Waals surface area contributed by atoms with Crippen LogP contribution in [0.5, 0.6) is 0 Å². The summed E-state index contributed by atoms with van der Waals surface area (Å²) in [5, 5.41) is 9.46. The molecule has 8 heteroatoms. The van der Waals surface area contributed by atoms with Gasteiger partial charge in [0.2, 0.25) is 5.91 Å². The van der Waals surface area contributed by atoms with E-state index in [2.05, 4.69) is 10.6 Å². The predicted molar refractivity (Wildman–Crippen MR) is 109 cm³/mol. The van der Waals surface area contributed by atoms with Crippen molar-refractivity contribution in [2.75, 3.05) is 11.9 Å². The number of rotatable bonds is 6. The average Bonchev–Trinajstić information content (AvgIpc) is 2.72. The summed E-state index contributed by atoms with van der Waals surface area (Å²) in [4.78, 5) is 23.7. The molecule has 0 atom stereocenters. The number of halogens is 3. The lowest BCUT2D eigenvalue weighted by atomic mass is 10.0. The van der Waals surface area contributed by atoms with E-state index in [-0.39, 0.29) is 6.42 Å². The van der Waals surface area contributed by atoms with Crippen LogP contribution >= 0.6 is 0 Å². The Kier molecular flexibility index (Phi) is 6.56. The van der Waals surface area contributed by atoms with Crippen LogP contribution in [-0.2, 0) is 17.8 Å². The molecule has 0 heterocycles. The van der Waals surface area contributed by atoms with Gasteiger partial charge in [0.05, 0.1) is 6.42 Å². The molecule has 0 aromatic heterocycles. The molecule has 0 bridgehead atoms. The third-order valence-electron chi connectivity index (χ3n) is 4.38. The second-order valence-corrected chi connectivity index (χ2v) is 6.71. The topological polar surface area (TPSA) is 70.2 Å². The third-order valence-corrected chi connectivity index (χ3v) is 4.38. The van der Waals surface area contributed by atoms with Crippen molar-refractivity contribution in [1.82, 2.24) is 10.6 Å². The van der Waals surface area contributed by atoms with E-state index in [4.69, 9.17) is 0 Å². The molecule has 156 valence electrons. The molecule has 3 aromatic rings. The summed E-state index contributed by atoms with van der Waals surface area (Å²) in [5.41, 5.74) is 2.03. The number of benzene rings is 3. The molecular weight excluding hydrogens is 395 g/mol. The summed E-state index contributed by atoms with van der Waals surface area (Å²) in [6.07, 6.45) is -4.62. The summed E-state index contributed by atoms with van der Waals surface area (Å²) >= 11 is 0. The first-order valence-electron chi connectivity index (χ1n) is 9.24. The van der Waals surface area contributed by atoms with E-state index in [1.165, 1.54) is 0 Å². The van der Waals surface area contributed by atoms with Crippen molar-refractivity contribution in [3.8, 4) is 0 Å². The van der Waals surface area contributed by atoms with Crippen LogP contribution in [0.25, 0.3) is 10.8 Å². The van der Waals surface area contributed by atoms with Crippen LogP contribution < -0.4 is 16.0 Å². The van der Waals surface area contributed by atoms with Crippen molar-refractivity contribution in [3.05, 3.63) is 77.9 Å². The van der Waals surface area contributed by atoms with Crippen LogP contribution in [-0.4, -0.2) is 24.7 Å². The molecule has 0 aliphatic heterocycles. The molecule has 3 amide bonds. The Hall–Kier alpha value is -3.55. The lowest BCUT2D eigenvalue weighted by Crippen LogP contribution is -2.34. The number of alkyl halides is 3. The van der Waals surface area contributed by atoms with Crippen LogP contribution in [0.3, 0.4) is 0 Å². The molecule has 3 aromatic carbocycles. The van der Waals surface area contributed by atoms with Gasteiger partial charge in [-0.1, -0.05) is 54.6 Å². The van der Waals surface area contributed by atoms with E-state index in [9.17, 15) is 22.8 Å². The van der Waals surface area contributed by atoms with Gasteiger partial charge >= 0.3 is 12.2 Å². The maximum Gasteiger partial charge on any atom is 0.405 e. The number of anilines is 1. The molecule has 0 saturated heterocycles. The van der Waals surface area contributed by atoms with Crippen molar-refractivity contribution in [3.63, 3.8) is 0 Å². The average molecular weight is 415 g/mol. The number of carbonyl (C=O) groups excluding carboxylic acids is 2. The van der Waals surface area contributed by atoms with Crippen molar-refractivity contribution in [1.29, 1.82) is 0 Å². The Labute approximate surface area is 171 Å². The molecule has 3 N–H and O–H groups in total. The Morgan fingerprint density at radius 3 is 2.27 bits per heavy atom. The molecular formula is C22H20F3N3O2. The highest BCUT2D eigenvalue weighted by Gasteiger charge is 2.27. The van der Waals surface area contributed by atoms with Gasteiger partial charge in [0, 0.05) is 12.2 Å². The number of nitrogens with one attached hydrogen (secondary N) is 3. The van der Waals surface area contributed by atoms with Gasteiger partial charge in [-0.2, -0.15) is 13.2 Å². The van der Waals surface area contributed by atoms with Crippen LogP contribution in [0.1, 0.15) is 11.1 Å². The smallest absolute Gasteiger partial charge is 0.347 e. The van der Waals surface area contributed by atoms with Gasteiger partial charge in [0.25, 0.3) is 0 Å². The maximum absolute atomic E-state index is 12.2. The lowest BCUT2D eigenvalue weighted by Gasteiger charge is -2.11. The number of carbonyl (C=O) groups is 2. The number of urea groups is 1. The van der Waals surface area contributed by atoms with Gasteiger partial charge in [0.15, 0.2) is 0 Å². The van der Waals surface area contributed by atoms with Gasteiger partial charge in [0.1, 0.15) is 6.54 Å². The first-order valence-corrected chi connectivity index (χ1v) is 9.24. The Morgan fingerprint density at radius 1 is 0.833 bits per heavy atom. The normalized spacial score (nSPS) is 11.2. The highest BCUT2D eigenvalue weighted by molar-refractivity contribution is 5.90. The molecule has 0 saturated carbocycles. The summed E-state index contributed by atoms with van der Waals surface area (Å²) in [7, 11) is 0. The quantitative estimate of drug-likeness (QED) is 0.559. The number of fused-ring (bicyclic) bond motifs is 1.